The van der Waals surface area contributed by atoms with Gasteiger partial charge in [-0.3, -0.25) is 15.4 Å². The Hall–Kier alpha value is -2.56. The molecule has 0 heterocycles. The fourth-order valence-corrected chi connectivity index (χ4v) is 1.33. The number of nitrogens with two attached hydrogens (primary N) is 1. The van der Waals surface area contributed by atoms with Crippen LogP contribution in [0, 0.1) is 10.8 Å². The number of anilines is 1. The van der Waals surface area contributed by atoms with Crippen LogP contribution in [0.3, 0.4) is 0 Å². The van der Waals surface area contributed by atoms with Crippen molar-refractivity contribution < 1.29 is 0 Å². The van der Waals surface area contributed by atoms with E-state index in [-0.39, 0.29) is 5.71 Å². The summed E-state index contributed by atoms with van der Waals surface area (Å²) in [6.07, 6.45) is 2.41. The fourth-order valence-electron chi connectivity index (χ4n) is 1.33. The Balaban J connectivity index is 3.35. The van der Waals surface area contributed by atoms with Crippen molar-refractivity contribution in [3.8, 4) is 0 Å². The maximum Gasteiger partial charge on any atom is 0.0877 e. The molecule has 1 aromatic carbocycles. The van der Waals surface area contributed by atoms with E-state index in [1.165, 1.54) is 6.20 Å². The van der Waals surface area contributed by atoms with Gasteiger partial charge in [-0.25, -0.2) is 0 Å². The molecule has 0 aliphatic heterocycles. The molecule has 4 N–H and O–H groups in total. The lowest BCUT2D eigenvalue weighted by Gasteiger charge is -2.06. The first kappa shape index (κ1) is 12.5. The number of nitrogen functional groups attached to an aromatic ring is 1. The lowest BCUT2D eigenvalue weighted by atomic mass is 10.0. The molecule has 0 bridgehead atoms. The summed E-state index contributed by atoms with van der Waals surface area (Å²) in [5.41, 5.74) is 8.06. The van der Waals surface area contributed by atoms with Crippen LogP contribution < -0.4 is 5.73 Å². The maximum absolute atomic E-state index is 7.57. The first-order valence-corrected chi connectivity index (χ1v) is 4.75. The predicted octanol–water partition coefficient (Wildman–Crippen LogP) is 1.99. The zero-order chi connectivity index (χ0) is 12.8. The van der Waals surface area contributed by atoms with E-state index in [9.17, 15) is 0 Å². The summed E-state index contributed by atoms with van der Waals surface area (Å²) in [6.45, 7) is 6.78. The first-order chi connectivity index (χ1) is 8.12. The Morgan fingerprint density at radius 3 is 2.41 bits per heavy atom. The van der Waals surface area contributed by atoms with Gasteiger partial charge >= 0.3 is 0 Å². The lowest BCUT2D eigenvalue weighted by Crippen LogP contribution is -2.02. The number of nitrogens with zero attached hydrogens (tertiary/aromatic N) is 2. The van der Waals surface area contributed by atoms with Gasteiger partial charge < -0.3 is 11.1 Å². The predicted molar refractivity (Wildman–Crippen MR) is 73.5 cm³/mol. The number of nitrogens with one attached hydrogen (secondary N) is 2. The third kappa shape index (κ3) is 2.94. The van der Waals surface area contributed by atoms with Gasteiger partial charge in [-0.1, -0.05) is 0 Å². The average molecular weight is 227 g/mol. The molecule has 0 aliphatic rings. The molecule has 1 rings (SSSR count). The SMILES string of the molecule is C=N/C=C(\N=C)c1cc(N)cc(C(=N)C=N)c1. The van der Waals surface area contributed by atoms with Gasteiger partial charge in [0, 0.05) is 23.0 Å². The van der Waals surface area contributed by atoms with Crippen LogP contribution in [0.2, 0.25) is 0 Å². The minimum Gasteiger partial charge on any atom is -0.399 e. The van der Waals surface area contributed by atoms with Crippen molar-refractivity contribution in [3.63, 3.8) is 0 Å². The fraction of sp³-hybridized carbons (Fsp3) is 0. The summed E-state index contributed by atoms with van der Waals surface area (Å²) in [4.78, 5) is 7.43. The van der Waals surface area contributed by atoms with E-state index in [4.69, 9.17) is 16.6 Å². The van der Waals surface area contributed by atoms with Crippen molar-refractivity contribution in [2.45, 2.75) is 0 Å². The van der Waals surface area contributed by atoms with Gasteiger partial charge in [-0.15, -0.1) is 0 Å². The van der Waals surface area contributed by atoms with Gasteiger partial charge in [0.1, 0.15) is 0 Å². The maximum atomic E-state index is 7.57. The first-order valence-electron chi connectivity index (χ1n) is 4.75. The molecule has 86 valence electrons. The van der Waals surface area contributed by atoms with Crippen LogP contribution in [0.1, 0.15) is 11.1 Å². The molecular formula is C12H13N5. The summed E-state index contributed by atoms with van der Waals surface area (Å²) >= 11 is 0. The molecule has 5 nitrogen and oxygen atoms in total. The molecule has 0 saturated heterocycles. The summed E-state index contributed by atoms with van der Waals surface area (Å²) in [7, 11) is 0. The summed E-state index contributed by atoms with van der Waals surface area (Å²) in [6, 6.07) is 5.03. The van der Waals surface area contributed by atoms with E-state index < -0.39 is 0 Å². The summed E-state index contributed by atoms with van der Waals surface area (Å²) in [5.74, 6) is 0. The number of hydrogen-bond acceptors (Lipinski definition) is 5. The van der Waals surface area contributed by atoms with Crippen LogP contribution in [-0.4, -0.2) is 25.4 Å². The van der Waals surface area contributed by atoms with Gasteiger partial charge in [0.25, 0.3) is 0 Å². The molecule has 0 fully saturated rings. The number of aliphatic imine (C=N–C) groups is 2. The second kappa shape index (κ2) is 5.50. The highest BCUT2D eigenvalue weighted by atomic mass is 14.8. The van der Waals surface area contributed by atoms with E-state index in [2.05, 4.69) is 23.4 Å². The Morgan fingerprint density at radius 1 is 1.24 bits per heavy atom. The van der Waals surface area contributed by atoms with Crippen molar-refractivity contribution in [3.05, 3.63) is 35.5 Å². The molecular weight excluding hydrogens is 214 g/mol. The molecule has 1 aromatic rings. The summed E-state index contributed by atoms with van der Waals surface area (Å²) < 4.78 is 0. The molecule has 0 spiro atoms. The number of hydrogen-bond donors (Lipinski definition) is 3. The quantitative estimate of drug-likeness (QED) is 0.520. The highest BCUT2D eigenvalue weighted by Crippen LogP contribution is 2.20. The second-order valence-electron chi connectivity index (χ2n) is 3.26. The Bertz CT molecular complexity index is 514. The van der Waals surface area contributed by atoms with Crippen LogP contribution in [0.25, 0.3) is 5.70 Å². The van der Waals surface area contributed by atoms with Crippen LogP contribution in [0.15, 0.2) is 34.4 Å². The minimum absolute atomic E-state index is 0.0773. The lowest BCUT2D eigenvalue weighted by molar-refractivity contribution is 1.45. The van der Waals surface area contributed by atoms with Crippen LogP contribution in [0.4, 0.5) is 5.69 Å². The average Bonchev–Trinajstić information content (AvgIpc) is 2.34. The van der Waals surface area contributed by atoms with Crippen molar-refractivity contribution in [2.24, 2.45) is 9.98 Å². The molecule has 5 heteroatoms. The van der Waals surface area contributed by atoms with Crippen LogP contribution in [-0.2, 0) is 0 Å². The van der Waals surface area contributed by atoms with E-state index in [1.807, 2.05) is 0 Å². The van der Waals surface area contributed by atoms with E-state index >= 15 is 0 Å². The largest absolute Gasteiger partial charge is 0.399 e. The van der Waals surface area contributed by atoms with E-state index in [0.717, 1.165) is 6.21 Å². The highest BCUT2D eigenvalue weighted by molar-refractivity contribution is 6.36. The normalized spacial score (nSPS) is 10.7. The number of benzene rings is 1. The molecule has 0 aromatic heterocycles. The van der Waals surface area contributed by atoms with E-state index in [1.54, 1.807) is 18.2 Å². The third-order valence-corrected chi connectivity index (χ3v) is 2.09. The topological polar surface area (TPSA) is 98.4 Å². The molecule has 0 amide bonds. The van der Waals surface area contributed by atoms with Crippen molar-refractivity contribution in [1.29, 1.82) is 10.8 Å². The molecule has 17 heavy (non-hydrogen) atoms. The van der Waals surface area contributed by atoms with Crippen LogP contribution in [0.5, 0.6) is 0 Å². The van der Waals surface area contributed by atoms with Gasteiger partial charge in [0.05, 0.1) is 17.6 Å². The van der Waals surface area contributed by atoms with E-state index in [0.29, 0.717) is 22.5 Å². The Morgan fingerprint density at radius 2 is 1.88 bits per heavy atom. The monoisotopic (exact) mass is 227 g/mol. The number of rotatable bonds is 5. The Labute approximate surface area is 99.4 Å². The van der Waals surface area contributed by atoms with Gasteiger partial charge in [-0.05, 0) is 31.6 Å². The standard InChI is InChI=1S/C12H13N5/c1-16-7-12(17-2)9-3-8(11(15)6-13)4-10(14)5-9/h3-7,13,15H,1-2,14H2/b12-7-,13-6?,15-11?. The second-order valence-corrected chi connectivity index (χ2v) is 3.26. The van der Waals surface area contributed by atoms with Gasteiger partial charge in [0.2, 0.25) is 0 Å². The summed E-state index contributed by atoms with van der Waals surface area (Å²) in [5, 5.41) is 14.6. The van der Waals surface area contributed by atoms with Crippen molar-refractivity contribution >= 4 is 36.7 Å². The minimum atomic E-state index is 0.0773. The molecule has 0 aliphatic carbocycles. The zero-order valence-electron chi connectivity index (χ0n) is 9.27. The van der Waals surface area contributed by atoms with Gasteiger partial charge in [0.15, 0.2) is 0 Å². The molecule has 0 atom stereocenters. The third-order valence-electron chi connectivity index (χ3n) is 2.09. The smallest absolute Gasteiger partial charge is 0.0877 e. The Kier molecular flexibility index (Phi) is 4.05. The highest BCUT2D eigenvalue weighted by Gasteiger charge is 2.05. The van der Waals surface area contributed by atoms with Gasteiger partial charge in [-0.2, -0.15) is 0 Å². The molecule has 0 unspecified atom stereocenters. The van der Waals surface area contributed by atoms with Crippen molar-refractivity contribution in [2.75, 3.05) is 5.73 Å². The zero-order valence-corrected chi connectivity index (χ0v) is 9.27. The molecule has 0 saturated carbocycles. The van der Waals surface area contributed by atoms with Crippen molar-refractivity contribution in [1.82, 2.24) is 0 Å². The van der Waals surface area contributed by atoms with Crippen LogP contribution >= 0.6 is 0 Å². The molecule has 0 radical (unpaired) electrons.